The van der Waals surface area contributed by atoms with E-state index in [1.165, 1.54) is 25.3 Å². The zero-order valence-corrected chi connectivity index (χ0v) is 19.8. The fourth-order valence-corrected chi connectivity index (χ4v) is 3.02. The van der Waals surface area contributed by atoms with Gasteiger partial charge in [-0.05, 0) is 62.4 Å². The van der Waals surface area contributed by atoms with Gasteiger partial charge in [-0.1, -0.05) is 29.3 Å². The maximum absolute atomic E-state index is 13.2. The van der Waals surface area contributed by atoms with Crippen LogP contribution in [0.4, 0.5) is 10.1 Å². The predicted octanol–water partition coefficient (Wildman–Crippen LogP) is 4.49. The number of methoxy groups -OCH3 is 1. The Morgan fingerprint density at radius 2 is 1.60 bits per heavy atom. The van der Waals surface area contributed by atoms with Gasteiger partial charge in [0.2, 0.25) is 0 Å². The van der Waals surface area contributed by atoms with Crippen LogP contribution in [-0.2, 0) is 9.59 Å². The molecule has 0 bridgehead atoms. The largest absolute Gasteiger partial charge is 0.493 e. The quantitative estimate of drug-likeness (QED) is 0.171. The van der Waals surface area contributed by atoms with Crippen molar-refractivity contribution < 1.29 is 28.2 Å². The van der Waals surface area contributed by atoms with Crippen molar-refractivity contribution in [2.45, 2.75) is 13.8 Å². The number of anilines is 1. The van der Waals surface area contributed by atoms with Crippen molar-refractivity contribution in [1.82, 2.24) is 5.43 Å². The van der Waals surface area contributed by atoms with E-state index >= 15 is 0 Å². The molecule has 8 nitrogen and oxygen atoms in total. The summed E-state index contributed by atoms with van der Waals surface area (Å²) >= 11 is 5.66. The van der Waals surface area contributed by atoms with Crippen molar-refractivity contribution in [3.8, 4) is 11.5 Å². The molecule has 180 valence electrons. The minimum absolute atomic E-state index is 0.151. The van der Waals surface area contributed by atoms with Gasteiger partial charge in [0.25, 0.3) is 0 Å². The summed E-state index contributed by atoms with van der Waals surface area (Å²) in [5, 5.41) is 6.02. The van der Waals surface area contributed by atoms with Crippen molar-refractivity contribution in [2.24, 2.45) is 5.10 Å². The topological polar surface area (TPSA) is 106 Å². The molecule has 0 atom stereocenters. The van der Waals surface area contributed by atoms with Gasteiger partial charge in [0.15, 0.2) is 11.5 Å². The smallest absolute Gasteiger partial charge is 0.343 e. The first kappa shape index (κ1) is 25.4. The highest BCUT2D eigenvalue weighted by Crippen LogP contribution is 2.29. The maximum atomic E-state index is 13.2. The highest BCUT2D eigenvalue weighted by molar-refractivity contribution is 6.40. The summed E-state index contributed by atoms with van der Waals surface area (Å²) in [5.41, 5.74) is 4.60. The molecule has 2 amide bonds. The monoisotopic (exact) mass is 497 g/mol. The van der Waals surface area contributed by atoms with Gasteiger partial charge in [-0.2, -0.15) is 5.10 Å². The minimum atomic E-state index is -1.04. The molecule has 0 spiro atoms. The van der Waals surface area contributed by atoms with Crippen LogP contribution in [0.25, 0.3) is 0 Å². The lowest BCUT2D eigenvalue weighted by molar-refractivity contribution is -0.136. The summed E-state index contributed by atoms with van der Waals surface area (Å²) < 4.78 is 24.0. The van der Waals surface area contributed by atoms with Crippen molar-refractivity contribution in [2.75, 3.05) is 12.4 Å². The van der Waals surface area contributed by atoms with Gasteiger partial charge in [0, 0.05) is 11.3 Å². The molecule has 35 heavy (non-hydrogen) atoms. The Morgan fingerprint density at radius 3 is 2.26 bits per heavy atom. The minimum Gasteiger partial charge on any atom is -0.493 e. The number of hydrogen-bond donors (Lipinski definition) is 2. The Kier molecular flexibility index (Phi) is 8.17. The first-order valence-corrected chi connectivity index (χ1v) is 10.6. The number of aryl methyl sites for hydroxylation is 1. The van der Waals surface area contributed by atoms with Crippen LogP contribution in [0.5, 0.6) is 11.5 Å². The van der Waals surface area contributed by atoms with Gasteiger partial charge in [0.1, 0.15) is 5.82 Å². The number of amides is 2. The molecule has 0 aliphatic rings. The number of carbonyl (C=O) groups is 3. The standard InChI is InChI=1S/C25H21ClFN3O5/c1-14-4-6-16(7-5-14)25(33)35-21-11-8-17(12-22(21)34-3)15(2)29-30-24(32)23(31)28-18-9-10-20(27)19(26)13-18/h4-13H,1-3H3,(H,28,31)(H,30,32). The second-order valence-electron chi connectivity index (χ2n) is 7.34. The molecule has 0 heterocycles. The van der Waals surface area contributed by atoms with Gasteiger partial charge >= 0.3 is 17.8 Å². The number of carbonyl (C=O) groups excluding carboxylic acids is 3. The lowest BCUT2D eigenvalue weighted by Gasteiger charge is -2.11. The number of nitrogens with zero attached hydrogens (tertiary/aromatic N) is 1. The molecule has 3 rings (SSSR count). The van der Waals surface area contributed by atoms with Crippen LogP contribution in [0.15, 0.2) is 65.8 Å². The van der Waals surface area contributed by atoms with E-state index in [4.69, 9.17) is 21.1 Å². The van der Waals surface area contributed by atoms with Gasteiger partial charge in [-0.25, -0.2) is 14.6 Å². The molecule has 3 aromatic rings. The van der Waals surface area contributed by atoms with E-state index in [-0.39, 0.29) is 22.2 Å². The fraction of sp³-hybridized carbons (Fsp3) is 0.120. The second kappa shape index (κ2) is 11.3. The molecule has 0 aliphatic heterocycles. The van der Waals surface area contributed by atoms with Crippen molar-refractivity contribution in [3.05, 3.63) is 88.2 Å². The number of rotatable bonds is 6. The van der Waals surface area contributed by atoms with Crippen LogP contribution in [0, 0.1) is 12.7 Å². The first-order valence-electron chi connectivity index (χ1n) is 10.3. The van der Waals surface area contributed by atoms with Crippen molar-refractivity contribution in [3.63, 3.8) is 0 Å². The lowest BCUT2D eigenvalue weighted by atomic mass is 10.1. The van der Waals surface area contributed by atoms with Crippen LogP contribution in [0.1, 0.15) is 28.4 Å². The van der Waals surface area contributed by atoms with E-state index in [1.54, 1.807) is 43.3 Å². The highest BCUT2D eigenvalue weighted by Gasteiger charge is 2.16. The van der Waals surface area contributed by atoms with E-state index in [0.29, 0.717) is 16.8 Å². The van der Waals surface area contributed by atoms with Gasteiger partial charge in [-0.15, -0.1) is 0 Å². The molecule has 10 heteroatoms. The normalized spacial score (nSPS) is 10.9. The van der Waals surface area contributed by atoms with E-state index in [9.17, 15) is 18.8 Å². The summed E-state index contributed by atoms with van der Waals surface area (Å²) in [6.07, 6.45) is 0. The summed E-state index contributed by atoms with van der Waals surface area (Å²) in [6, 6.07) is 15.2. The van der Waals surface area contributed by atoms with E-state index in [1.807, 2.05) is 6.92 Å². The third kappa shape index (κ3) is 6.64. The number of ether oxygens (including phenoxy) is 2. The number of benzene rings is 3. The second-order valence-corrected chi connectivity index (χ2v) is 7.75. The Balaban J connectivity index is 1.66. The molecule has 0 fully saturated rings. The van der Waals surface area contributed by atoms with Gasteiger partial charge in [-0.3, -0.25) is 9.59 Å². The molecular formula is C25H21ClFN3O5. The molecule has 0 saturated heterocycles. The molecule has 0 radical (unpaired) electrons. The summed E-state index contributed by atoms with van der Waals surface area (Å²) in [5.74, 6) is -2.77. The number of halogens is 2. The predicted molar refractivity (Wildman–Crippen MR) is 130 cm³/mol. The Hall–Kier alpha value is -4.24. The molecule has 0 unspecified atom stereocenters. The molecule has 0 aromatic heterocycles. The van der Waals surface area contributed by atoms with Crippen molar-refractivity contribution in [1.29, 1.82) is 0 Å². The number of hydrogen-bond acceptors (Lipinski definition) is 6. The van der Waals surface area contributed by atoms with E-state index in [0.717, 1.165) is 11.6 Å². The fourth-order valence-electron chi connectivity index (χ4n) is 2.84. The third-order valence-corrected chi connectivity index (χ3v) is 5.07. The van der Waals surface area contributed by atoms with Crippen LogP contribution in [-0.4, -0.2) is 30.6 Å². The Bertz CT molecular complexity index is 1310. The zero-order chi connectivity index (χ0) is 25.5. The first-order chi connectivity index (χ1) is 16.7. The Labute approximate surface area is 205 Å². The van der Waals surface area contributed by atoms with Gasteiger partial charge < -0.3 is 14.8 Å². The van der Waals surface area contributed by atoms with E-state index in [2.05, 4.69) is 15.8 Å². The summed E-state index contributed by atoms with van der Waals surface area (Å²) in [7, 11) is 1.42. The number of nitrogens with one attached hydrogen (secondary N) is 2. The van der Waals surface area contributed by atoms with Crippen LogP contribution >= 0.6 is 11.6 Å². The molecule has 0 saturated carbocycles. The number of hydrazone groups is 1. The summed E-state index contributed by atoms with van der Waals surface area (Å²) in [6.45, 7) is 3.52. The lowest BCUT2D eigenvalue weighted by Crippen LogP contribution is -2.33. The van der Waals surface area contributed by atoms with Crippen molar-refractivity contribution >= 4 is 40.8 Å². The molecule has 2 N–H and O–H groups in total. The van der Waals surface area contributed by atoms with E-state index < -0.39 is 23.6 Å². The Morgan fingerprint density at radius 1 is 0.914 bits per heavy atom. The zero-order valence-electron chi connectivity index (χ0n) is 19.0. The SMILES string of the molecule is COc1cc(C(C)=NNC(=O)C(=O)Nc2ccc(F)c(Cl)c2)ccc1OC(=O)c1ccc(C)cc1. The molecular weight excluding hydrogens is 477 g/mol. The molecule has 0 aliphatic carbocycles. The van der Waals surface area contributed by atoms with Crippen LogP contribution in [0.3, 0.4) is 0 Å². The molecule has 3 aromatic carbocycles. The highest BCUT2D eigenvalue weighted by atomic mass is 35.5. The average Bonchev–Trinajstić information content (AvgIpc) is 2.85. The van der Waals surface area contributed by atoms with Crippen LogP contribution < -0.4 is 20.2 Å². The number of esters is 1. The third-order valence-electron chi connectivity index (χ3n) is 4.78. The summed E-state index contributed by atoms with van der Waals surface area (Å²) in [4.78, 5) is 36.5. The average molecular weight is 498 g/mol. The maximum Gasteiger partial charge on any atom is 0.343 e. The van der Waals surface area contributed by atoms with Crippen LogP contribution in [0.2, 0.25) is 5.02 Å². The van der Waals surface area contributed by atoms with Gasteiger partial charge in [0.05, 0.1) is 23.4 Å².